The first-order valence-electron chi connectivity index (χ1n) is 7.10. The summed E-state index contributed by atoms with van der Waals surface area (Å²) in [7, 11) is 0. The standard InChI is InChI=1S/C16H26INO.ClH/c1-5-18(9-8-17)10-11-19-16-12-14(4)6-7-15(16)13(2)3;/h6-7,12-13H,5,8-11H2,1-4H3;1H. The van der Waals surface area contributed by atoms with E-state index in [2.05, 4.69) is 73.4 Å². The summed E-state index contributed by atoms with van der Waals surface area (Å²) in [5, 5.41) is 0. The number of hydrogen-bond acceptors (Lipinski definition) is 2. The van der Waals surface area contributed by atoms with Gasteiger partial charge in [-0.05, 0) is 36.6 Å². The Kier molecular flexibility index (Phi) is 10.7. The van der Waals surface area contributed by atoms with E-state index in [4.69, 9.17) is 4.74 Å². The molecule has 1 aromatic rings. The maximum Gasteiger partial charge on any atom is 0.123 e. The summed E-state index contributed by atoms with van der Waals surface area (Å²) < 4.78 is 7.19. The molecule has 20 heavy (non-hydrogen) atoms. The Morgan fingerprint density at radius 3 is 2.50 bits per heavy atom. The summed E-state index contributed by atoms with van der Waals surface area (Å²) in [4.78, 5) is 2.43. The van der Waals surface area contributed by atoms with Gasteiger partial charge in [-0.3, -0.25) is 4.90 Å². The molecule has 1 rings (SSSR count). The summed E-state index contributed by atoms with van der Waals surface area (Å²) >= 11 is 2.43. The van der Waals surface area contributed by atoms with Crippen LogP contribution in [0.4, 0.5) is 0 Å². The van der Waals surface area contributed by atoms with Crippen LogP contribution in [0.15, 0.2) is 18.2 Å². The van der Waals surface area contributed by atoms with Crippen LogP contribution < -0.4 is 4.74 Å². The molecule has 1 aromatic carbocycles. The molecular weight excluding hydrogens is 385 g/mol. The molecule has 0 aliphatic rings. The van der Waals surface area contributed by atoms with Crippen molar-refractivity contribution in [1.82, 2.24) is 4.90 Å². The zero-order valence-corrected chi connectivity index (χ0v) is 16.0. The van der Waals surface area contributed by atoms with E-state index in [0.717, 1.165) is 32.0 Å². The molecule has 0 saturated heterocycles. The van der Waals surface area contributed by atoms with E-state index in [9.17, 15) is 0 Å². The van der Waals surface area contributed by atoms with Gasteiger partial charge in [0.15, 0.2) is 0 Å². The van der Waals surface area contributed by atoms with Crippen molar-refractivity contribution in [2.24, 2.45) is 0 Å². The average molecular weight is 412 g/mol. The number of halogens is 2. The van der Waals surface area contributed by atoms with Gasteiger partial charge in [0.05, 0.1) is 0 Å². The molecule has 4 heteroatoms. The van der Waals surface area contributed by atoms with E-state index in [1.54, 1.807) is 0 Å². The van der Waals surface area contributed by atoms with Crippen LogP contribution in [-0.4, -0.2) is 35.6 Å². The highest BCUT2D eigenvalue weighted by molar-refractivity contribution is 14.1. The third-order valence-corrected chi connectivity index (χ3v) is 3.79. The molecule has 0 saturated carbocycles. The number of alkyl halides is 1. The molecule has 0 heterocycles. The highest BCUT2D eigenvalue weighted by Gasteiger charge is 2.08. The Hall–Kier alpha value is -0.000000000000000111. The lowest BCUT2D eigenvalue weighted by Crippen LogP contribution is -2.30. The number of likely N-dealkylation sites (N-methyl/N-ethyl adjacent to an activating group) is 1. The molecule has 0 fully saturated rings. The van der Waals surface area contributed by atoms with Crippen molar-refractivity contribution < 1.29 is 4.74 Å². The lowest BCUT2D eigenvalue weighted by atomic mass is 10.0. The molecule has 0 unspecified atom stereocenters. The normalized spacial score (nSPS) is 10.8. The molecule has 116 valence electrons. The SMILES string of the molecule is CCN(CCI)CCOc1cc(C)ccc1C(C)C.Cl. The van der Waals surface area contributed by atoms with Crippen molar-refractivity contribution in [2.45, 2.75) is 33.6 Å². The van der Waals surface area contributed by atoms with E-state index < -0.39 is 0 Å². The second-order valence-electron chi connectivity index (χ2n) is 5.17. The number of ether oxygens (including phenoxy) is 1. The maximum atomic E-state index is 6.01. The van der Waals surface area contributed by atoms with Gasteiger partial charge >= 0.3 is 0 Å². The highest BCUT2D eigenvalue weighted by Crippen LogP contribution is 2.27. The van der Waals surface area contributed by atoms with Crippen molar-refractivity contribution in [3.05, 3.63) is 29.3 Å². The molecular formula is C16H27ClINO. The Labute approximate surface area is 143 Å². The van der Waals surface area contributed by atoms with Crippen LogP contribution in [0, 0.1) is 6.92 Å². The van der Waals surface area contributed by atoms with Crippen molar-refractivity contribution in [3.8, 4) is 5.75 Å². The van der Waals surface area contributed by atoms with Crippen LogP contribution in [0.2, 0.25) is 0 Å². The van der Waals surface area contributed by atoms with Crippen LogP contribution in [0.1, 0.15) is 37.8 Å². The van der Waals surface area contributed by atoms with Gasteiger partial charge in [-0.2, -0.15) is 0 Å². The highest BCUT2D eigenvalue weighted by atomic mass is 127. The lowest BCUT2D eigenvalue weighted by molar-refractivity contribution is 0.223. The first-order chi connectivity index (χ1) is 9.08. The first-order valence-corrected chi connectivity index (χ1v) is 8.62. The monoisotopic (exact) mass is 411 g/mol. The number of rotatable bonds is 8. The second-order valence-corrected chi connectivity index (χ2v) is 6.25. The van der Waals surface area contributed by atoms with Crippen molar-refractivity contribution in [3.63, 3.8) is 0 Å². The molecule has 0 radical (unpaired) electrons. The van der Waals surface area contributed by atoms with E-state index in [0.29, 0.717) is 5.92 Å². The number of aryl methyl sites for hydroxylation is 1. The van der Waals surface area contributed by atoms with E-state index in [1.165, 1.54) is 15.6 Å². The van der Waals surface area contributed by atoms with Gasteiger partial charge in [-0.25, -0.2) is 0 Å². The Balaban J connectivity index is 0.00000361. The van der Waals surface area contributed by atoms with Gasteiger partial charge in [0.25, 0.3) is 0 Å². The van der Waals surface area contributed by atoms with Crippen LogP contribution in [0.25, 0.3) is 0 Å². The van der Waals surface area contributed by atoms with Gasteiger partial charge in [-0.1, -0.05) is 55.5 Å². The van der Waals surface area contributed by atoms with Crippen molar-refractivity contribution >= 4 is 35.0 Å². The third-order valence-electron chi connectivity index (χ3n) is 3.30. The van der Waals surface area contributed by atoms with E-state index in [-0.39, 0.29) is 12.4 Å². The maximum absolute atomic E-state index is 6.01. The van der Waals surface area contributed by atoms with Crippen LogP contribution >= 0.6 is 35.0 Å². The molecule has 0 aliphatic carbocycles. The fourth-order valence-corrected chi connectivity index (χ4v) is 2.76. The van der Waals surface area contributed by atoms with Gasteiger partial charge < -0.3 is 4.74 Å². The smallest absolute Gasteiger partial charge is 0.123 e. The van der Waals surface area contributed by atoms with Gasteiger partial charge in [0, 0.05) is 17.5 Å². The topological polar surface area (TPSA) is 12.5 Å². The second kappa shape index (κ2) is 10.7. The zero-order valence-electron chi connectivity index (χ0n) is 13.0. The molecule has 0 atom stereocenters. The average Bonchev–Trinajstić information content (AvgIpc) is 2.37. The summed E-state index contributed by atoms with van der Waals surface area (Å²) in [6.07, 6.45) is 0. The first kappa shape index (κ1) is 20.0. The summed E-state index contributed by atoms with van der Waals surface area (Å²) in [6.45, 7) is 12.8. The van der Waals surface area contributed by atoms with Gasteiger partial charge in [0.2, 0.25) is 0 Å². The lowest BCUT2D eigenvalue weighted by Gasteiger charge is -2.20. The van der Waals surface area contributed by atoms with Crippen molar-refractivity contribution in [2.75, 3.05) is 30.7 Å². The fourth-order valence-electron chi connectivity index (χ4n) is 2.08. The number of hydrogen-bond donors (Lipinski definition) is 0. The molecule has 2 nitrogen and oxygen atoms in total. The van der Waals surface area contributed by atoms with Crippen molar-refractivity contribution in [1.29, 1.82) is 0 Å². The summed E-state index contributed by atoms with van der Waals surface area (Å²) in [5.41, 5.74) is 2.57. The predicted octanol–water partition coefficient (Wildman–Crippen LogP) is 4.68. The Morgan fingerprint density at radius 1 is 1.25 bits per heavy atom. The largest absolute Gasteiger partial charge is 0.492 e. The minimum absolute atomic E-state index is 0. The quantitative estimate of drug-likeness (QED) is 0.455. The Bertz CT molecular complexity index is 385. The minimum Gasteiger partial charge on any atom is -0.492 e. The third kappa shape index (κ3) is 6.64. The summed E-state index contributed by atoms with van der Waals surface area (Å²) in [6, 6.07) is 6.51. The number of nitrogens with zero attached hydrogens (tertiary/aromatic N) is 1. The van der Waals surface area contributed by atoms with Gasteiger partial charge in [-0.15, -0.1) is 12.4 Å². The molecule has 0 N–H and O–H groups in total. The Morgan fingerprint density at radius 2 is 1.95 bits per heavy atom. The fraction of sp³-hybridized carbons (Fsp3) is 0.625. The molecule has 0 spiro atoms. The molecule has 0 aliphatic heterocycles. The van der Waals surface area contributed by atoms with Crippen LogP contribution in [-0.2, 0) is 0 Å². The van der Waals surface area contributed by atoms with Gasteiger partial charge in [0.1, 0.15) is 12.4 Å². The molecule has 0 aromatic heterocycles. The van der Waals surface area contributed by atoms with E-state index in [1.807, 2.05) is 0 Å². The minimum atomic E-state index is 0. The zero-order chi connectivity index (χ0) is 14.3. The number of benzene rings is 1. The van der Waals surface area contributed by atoms with Crippen LogP contribution in [0.5, 0.6) is 5.75 Å². The predicted molar refractivity (Wildman–Crippen MR) is 99.0 cm³/mol. The summed E-state index contributed by atoms with van der Waals surface area (Å²) in [5.74, 6) is 1.56. The molecule has 0 amide bonds. The molecule has 0 bridgehead atoms. The van der Waals surface area contributed by atoms with E-state index >= 15 is 0 Å². The van der Waals surface area contributed by atoms with Crippen LogP contribution in [0.3, 0.4) is 0 Å².